The van der Waals surface area contributed by atoms with E-state index >= 15 is 0 Å². The maximum Gasteiger partial charge on any atom is 0.344 e. The van der Waals surface area contributed by atoms with Crippen LogP contribution in [0.3, 0.4) is 0 Å². The van der Waals surface area contributed by atoms with Crippen LogP contribution in [0.2, 0.25) is 0 Å². The highest BCUT2D eigenvalue weighted by atomic mass is 16.5. The number of hydrogen-bond donors (Lipinski definition) is 0. The van der Waals surface area contributed by atoms with Gasteiger partial charge in [-0.15, -0.1) is 5.10 Å². The molecule has 0 N–H and O–H groups in total. The number of fused-ring (bicyclic) bond motifs is 6. The lowest BCUT2D eigenvalue weighted by Crippen LogP contribution is -2.22. The summed E-state index contributed by atoms with van der Waals surface area (Å²) in [4.78, 5) is 22.6. The molecule has 1 aliphatic heterocycles. The number of hydrogen-bond acceptors (Lipinski definition) is 7. The molecule has 5 heterocycles. The predicted octanol–water partition coefficient (Wildman–Crippen LogP) is 4.72. The van der Waals surface area contributed by atoms with Gasteiger partial charge in [0.05, 0.1) is 22.4 Å². The number of aryl methyl sites for hydroxylation is 1. The van der Waals surface area contributed by atoms with Crippen molar-refractivity contribution in [1.82, 2.24) is 19.6 Å². The zero-order chi connectivity index (χ0) is 22.2. The zero-order valence-electron chi connectivity index (χ0n) is 18.0. The van der Waals surface area contributed by atoms with E-state index in [4.69, 9.17) is 18.6 Å². The van der Waals surface area contributed by atoms with Crippen molar-refractivity contribution in [3.8, 4) is 11.6 Å². The second-order valence-corrected chi connectivity index (χ2v) is 9.03. The van der Waals surface area contributed by atoms with Crippen LogP contribution in [-0.4, -0.2) is 19.6 Å². The minimum absolute atomic E-state index is 0.266. The van der Waals surface area contributed by atoms with Gasteiger partial charge in [-0.1, -0.05) is 32.9 Å². The minimum Gasteiger partial charge on any atom is -0.465 e. The summed E-state index contributed by atoms with van der Waals surface area (Å²) in [5, 5.41) is 5.30. The molecule has 1 aromatic carbocycles. The molecule has 0 amide bonds. The van der Waals surface area contributed by atoms with Crippen LogP contribution in [0.15, 0.2) is 56.4 Å². The highest BCUT2D eigenvalue weighted by molar-refractivity contribution is 5.86. The van der Waals surface area contributed by atoms with Gasteiger partial charge in [-0.25, -0.2) is 19.3 Å². The Morgan fingerprint density at radius 2 is 1.84 bits per heavy atom. The molecule has 8 nitrogen and oxygen atoms in total. The van der Waals surface area contributed by atoms with Crippen LogP contribution in [0.25, 0.3) is 16.6 Å². The number of nitrogens with zero attached hydrogens (tertiary/aromatic N) is 4. The van der Waals surface area contributed by atoms with Crippen molar-refractivity contribution < 1.29 is 13.6 Å². The fourth-order valence-corrected chi connectivity index (χ4v) is 4.14. The molecule has 0 saturated heterocycles. The third-order valence-electron chi connectivity index (χ3n) is 5.68. The molecule has 0 spiro atoms. The van der Waals surface area contributed by atoms with Crippen molar-refractivity contribution in [2.75, 3.05) is 0 Å². The number of furan rings is 1. The van der Waals surface area contributed by atoms with Gasteiger partial charge in [0.1, 0.15) is 23.4 Å². The van der Waals surface area contributed by atoms with E-state index in [1.807, 2.05) is 58.0 Å². The monoisotopic (exact) mass is 428 g/mol. The maximum atomic E-state index is 13.2. The molecule has 5 aromatic rings. The fraction of sp³-hybridized carbons (Fsp3) is 0.250. The minimum atomic E-state index is -0.600. The first-order valence-electron chi connectivity index (χ1n) is 10.4. The van der Waals surface area contributed by atoms with Crippen molar-refractivity contribution >= 4 is 16.6 Å². The van der Waals surface area contributed by atoms with Crippen LogP contribution in [0.5, 0.6) is 11.6 Å². The largest absolute Gasteiger partial charge is 0.465 e. The van der Waals surface area contributed by atoms with Gasteiger partial charge in [0, 0.05) is 5.41 Å². The molecule has 160 valence electrons. The van der Waals surface area contributed by atoms with Crippen molar-refractivity contribution in [2.24, 2.45) is 0 Å². The first-order valence-corrected chi connectivity index (χ1v) is 10.4. The summed E-state index contributed by atoms with van der Waals surface area (Å²) >= 11 is 0. The number of aromatic nitrogens is 4. The van der Waals surface area contributed by atoms with E-state index in [0.29, 0.717) is 51.0 Å². The quantitative estimate of drug-likeness (QED) is 0.350. The van der Waals surface area contributed by atoms with Crippen LogP contribution in [0.1, 0.15) is 55.2 Å². The molecule has 1 unspecified atom stereocenters. The van der Waals surface area contributed by atoms with Crippen molar-refractivity contribution in [2.45, 2.75) is 39.0 Å². The summed E-state index contributed by atoms with van der Waals surface area (Å²) in [5.74, 6) is 2.18. The Hall–Kier alpha value is -3.94. The van der Waals surface area contributed by atoms with E-state index in [1.54, 1.807) is 16.9 Å². The smallest absolute Gasteiger partial charge is 0.344 e. The van der Waals surface area contributed by atoms with Crippen molar-refractivity contribution in [1.29, 1.82) is 0 Å². The van der Waals surface area contributed by atoms with Gasteiger partial charge in [-0.2, -0.15) is 0 Å². The Morgan fingerprint density at radius 1 is 1.03 bits per heavy atom. The van der Waals surface area contributed by atoms with Crippen LogP contribution in [0, 0.1) is 6.92 Å². The van der Waals surface area contributed by atoms with Crippen LogP contribution in [0.4, 0.5) is 0 Å². The van der Waals surface area contributed by atoms with Crippen molar-refractivity contribution in [3.05, 3.63) is 81.6 Å². The zero-order valence-corrected chi connectivity index (χ0v) is 18.0. The molecular weight excluding hydrogens is 408 g/mol. The molecule has 4 aromatic heterocycles. The summed E-state index contributed by atoms with van der Waals surface area (Å²) in [6.07, 6.45) is 1.58. The summed E-state index contributed by atoms with van der Waals surface area (Å²) < 4.78 is 19.5. The predicted molar refractivity (Wildman–Crippen MR) is 116 cm³/mol. The lowest BCUT2D eigenvalue weighted by molar-refractivity contribution is 0.402. The standard InChI is InChI=1S/C24H20N4O4/c1-12-9-10-15(30-12)16-17-19(13-7-5-6-8-14(13)31-22(17)29)32-21-18(16)20-26-23(24(2,3)4)27-28(20)11-25-21/h5-11,16H,1-4H3. The Balaban J connectivity index is 1.73. The number of benzene rings is 1. The molecule has 6 rings (SSSR count). The molecular formula is C24H20N4O4. The third kappa shape index (κ3) is 2.62. The third-order valence-corrected chi connectivity index (χ3v) is 5.68. The Kier molecular flexibility index (Phi) is 3.69. The van der Waals surface area contributed by atoms with Gasteiger partial charge >= 0.3 is 5.63 Å². The summed E-state index contributed by atoms with van der Waals surface area (Å²) in [6, 6.07) is 11.0. The van der Waals surface area contributed by atoms with Gasteiger partial charge in [0.15, 0.2) is 17.2 Å². The summed E-state index contributed by atoms with van der Waals surface area (Å²) in [5.41, 5.74) is 1.25. The molecule has 0 saturated carbocycles. The first kappa shape index (κ1) is 18.8. The van der Waals surface area contributed by atoms with Crippen LogP contribution < -0.4 is 10.4 Å². The maximum absolute atomic E-state index is 13.2. The molecule has 0 radical (unpaired) electrons. The first-order chi connectivity index (χ1) is 15.3. The van der Waals surface area contributed by atoms with Gasteiger partial charge in [0.2, 0.25) is 5.88 Å². The van der Waals surface area contributed by atoms with Crippen LogP contribution >= 0.6 is 0 Å². The highest BCUT2D eigenvalue weighted by Gasteiger charge is 2.39. The van der Waals surface area contributed by atoms with E-state index in [2.05, 4.69) is 10.1 Å². The van der Waals surface area contributed by atoms with Crippen molar-refractivity contribution in [3.63, 3.8) is 0 Å². The lowest BCUT2D eigenvalue weighted by Gasteiger charge is -2.25. The van der Waals surface area contributed by atoms with Gasteiger partial charge in [-0.05, 0) is 31.2 Å². The van der Waals surface area contributed by atoms with E-state index in [1.165, 1.54) is 0 Å². The van der Waals surface area contributed by atoms with Gasteiger partial charge < -0.3 is 13.6 Å². The summed E-state index contributed by atoms with van der Waals surface area (Å²) in [7, 11) is 0. The van der Waals surface area contributed by atoms with E-state index in [-0.39, 0.29) is 5.41 Å². The highest BCUT2D eigenvalue weighted by Crippen LogP contribution is 2.49. The lowest BCUT2D eigenvalue weighted by atomic mass is 9.88. The molecule has 0 aliphatic carbocycles. The molecule has 0 fully saturated rings. The van der Waals surface area contributed by atoms with Crippen LogP contribution in [-0.2, 0) is 5.41 Å². The Bertz CT molecular complexity index is 1590. The topological polar surface area (TPSA) is 95.7 Å². The van der Waals surface area contributed by atoms with Gasteiger partial charge in [-0.3, -0.25) is 0 Å². The molecule has 32 heavy (non-hydrogen) atoms. The van der Waals surface area contributed by atoms with E-state index in [9.17, 15) is 4.79 Å². The SMILES string of the molecule is Cc1ccc(C2c3c(c4ccccc4oc3=O)Oc3ncn4nc(C(C)(C)C)nc4c32)o1. The number of ether oxygens (including phenoxy) is 1. The average molecular weight is 428 g/mol. The van der Waals surface area contributed by atoms with E-state index < -0.39 is 11.5 Å². The van der Waals surface area contributed by atoms with E-state index in [0.717, 1.165) is 5.76 Å². The molecule has 8 heteroatoms. The molecule has 0 bridgehead atoms. The number of rotatable bonds is 1. The summed E-state index contributed by atoms with van der Waals surface area (Å²) in [6.45, 7) is 7.99. The number of para-hydroxylation sites is 1. The Labute approximate surface area is 182 Å². The molecule has 1 aliphatic rings. The normalized spacial score (nSPS) is 15.6. The molecule has 1 atom stereocenters. The Morgan fingerprint density at radius 3 is 2.59 bits per heavy atom. The second kappa shape index (κ2) is 6.29. The second-order valence-electron chi connectivity index (χ2n) is 9.03. The fourth-order valence-electron chi connectivity index (χ4n) is 4.14. The average Bonchev–Trinajstić information content (AvgIpc) is 3.38. The van der Waals surface area contributed by atoms with Gasteiger partial charge in [0.25, 0.3) is 0 Å².